The summed E-state index contributed by atoms with van der Waals surface area (Å²) in [6.07, 6.45) is 6.19. The Labute approximate surface area is 155 Å². The second-order valence-electron chi connectivity index (χ2n) is 5.72. The molecule has 3 N–H and O–H groups in total. The summed E-state index contributed by atoms with van der Waals surface area (Å²) in [5.74, 6) is 0.867. The number of rotatable bonds is 5. The molecule has 3 aromatic heterocycles. The third-order valence-corrected chi connectivity index (χ3v) is 3.76. The molecule has 0 bridgehead atoms. The molecule has 0 atom stereocenters. The molecule has 0 radical (unpaired) electrons. The number of hydrogen-bond donors (Lipinski definition) is 2. The summed E-state index contributed by atoms with van der Waals surface area (Å²) in [5.41, 5.74) is 9.34. The van der Waals surface area contributed by atoms with Gasteiger partial charge in [-0.25, -0.2) is 9.97 Å². The van der Waals surface area contributed by atoms with Gasteiger partial charge in [-0.05, 0) is 18.6 Å². The van der Waals surface area contributed by atoms with Crippen LogP contribution >= 0.6 is 0 Å². The topological polar surface area (TPSA) is 127 Å². The first-order valence-electron chi connectivity index (χ1n) is 8.03. The first-order valence-corrected chi connectivity index (χ1v) is 8.03. The number of nitrogens with two attached hydrogens (primary N) is 1. The molecule has 3 aromatic rings. The molecular formula is C18H18N8O. The lowest BCUT2D eigenvalue weighted by Gasteiger charge is -2.11. The van der Waals surface area contributed by atoms with Gasteiger partial charge in [0.05, 0.1) is 23.9 Å². The molecular weight excluding hydrogens is 344 g/mol. The van der Waals surface area contributed by atoms with Gasteiger partial charge in [-0.3, -0.25) is 4.99 Å². The number of aryl methyl sites for hydroxylation is 2. The van der Waals surface area contributed by atoms with Gasteiger partial charge in [-0.1, -0.05) is 0 Å². The van der Waals surface area contributed by atoms with Gasteiger partial charge in [0.1, 0.15) is 17.3 Å². The molecule has 3 heterocycles. The molecule has 27 heavy (non-hydrogen) atoms. The summed E-state index contributed by atoms with van der Waals surface area (Å²) in [7, 11) is 3.50. The first kappa shape index (κ1) is 17.9. The number of nitrogens with zero attached hydrogens (tertiary/aromatic N) is 6. The second kappa shape index (κ2) is 7.53. The highest BCUT2D eigenvalue weighted by molar-refractivity contribution is 5.92. The second-order valence-corrected chi connectivity index (χ2v) is 5.72. The Bertz CT molecular complexity index is 1090. The number of pyridine rings is 2. The monoisotopic (exact) mass is 362 g/mol. The highest BCUT2D eigenvalue weighted by Gasteiger charge is 2.13. The van der Waals surface area contributed by atoms with Crippen molar-refractivity contribution in [3.05, 3.63) is 47.8 Å². The van der Waals surface area contributed by atoms with E-state index in [9.17, 15) is 0 Å². The summed E-state index contributed by atoms with van der Waals surface area (Å²) in [6.45, 7) is 1.84. The van der Waals surface area contributed by atoms with Crippen molar-refractivity contribution in [1.29, 1.82) is 5.26 Å². The molecule has 0 aromatic carbocycles. The lowest BCUT2D eigenvalue weighted by Crippen LogP contribution is -2.05. The van der Waals surface area contributed by atoms with Gasteiger partial charge >= 0.3 is 0 Å². The molecule has 3 rings (SSSR count). The number of hydrogen-bond acceptors (Lipinski definition) is 8. The number of allylic oxidation sites excluding steroid dienone is 1. The van der Waals surface area contributed by atoms with Crippen LogP contribution in [0.4, 0.5) is 5.69 Å². The highest BCUT2D eigenvalue weighted by Crippen LogP contribution is 2.30. The predicted molar refractivity (Wildman–Crippen MR) is 103 cm³/mol. The fourth-order valence-electron chi connectivity index (χ4n) is 2.46. The van der Waals surface area contributed by atoms with Crippen molar-refractivity contribution >= 4 is 23.1 Å². The number of ether oxygens (including phenoxy) is 1. The number of aliphatic imine (C=N–C) groups is 1. The lowest BCUT2D eigenvalue weighted by molar-refractivity contribution is 0.459. The smallest absolute Gasteiger partial charge is 0.223 e. The van der Waals surface area contributed by atoms with Crippen molar-refractivity contribution in [2.24, 2.45) is 17.8 Å². The fraction of sp³-hybridized carbons (Fsp3) is 0.167. The average Bonchev–Trinajstić information content (AvgIpc) is 3.04. The Morgan fingerprint density at radius 3 is 2.89 bits per heavy atom. The van der Waals surface area contributed by atoms with Crippen molar-refractivity contribution in [2.75, 3.05) is 12.4 Å². The van der Waals surface area contributed by atoms with E-state index in [4.69, 9.17) is 15.7 Å². The molecule has 0 aliphatic carbocycles. The Morgan fingerprint density at radius 1 is 1.41 bits per heavy atom. The van der Waals surface area contributed by atoms with E-state index in [-0.39, 0.29) is 0 Å². The van der Waals surface area contributed by atoms with Crippen LogP contribution in [0.2, 0.25) is 0 Å². The quantitative estimate of drug-likeness (QED) is 0.666. The maximum atomic E-state index is 8.95. The largest absolute Gasteiger partial charge is 0.437 e. The van der Waals surface area contributed by atoms with E-state index >= 15 is 0 Å². The van der Waals surface area contributed by atoms with Crippen molar-refractivity contribution in [1.82, 2.24) is 19.5 Å². The number of nitriles is 1. The van der Waals surface area contributed by atoms with Crippen LogP contribution in [0.5, 0.6) is 11.6 Å². The molecule has 0 aliphatic rings. The van der Waals surface area contributed by atoms with E-state index in [1.807, 2.05) is 20.0 Å². The highest BCUT2D eigenvalue weighted by atomic mass is 16.5. The molecule has 0 aliphatic heterocycles. The fourth-order valence-corrected chi connectivity index (χ4v) is 2.46. The van der Waals surface area contributed by atoms with Crippen LogP contribution in [-0.4, -0.2) is 32.8 Å². The third-order valence-electron chi connectivity index (χ3n) is 3.76. The Morgan fingerprint density at radius 2 is 2.22 bits per heavy atom. The van der Waals surface area contributed by atoms with Gasteiger partial charge < -0.3 is 20.4 Å². The first-order chi connectivity index (χ1) is 13.0. The minimum atomic E-state index is 0.328. The standard InChI is InChI=1S/C18H18N8O/c1-11-4-12(6-19)22-9-15(11)27-16-5-14(24-13(7-20)8-21-2)17-18(25-16)26(3)10-23-17/h4-5,7-10H,20H2,1-3H3,(H,24,25). The zero-order valence-corrected chi connectivity index (χ0v) is 15.1. The average molecular weight is 362 g/mol. The SMILES string of the molecule is CN=CC(=CN)Nc1cc(Oc2cnc(C#N)cc2C)nc2c1ncn2C. The predicted octanol–water partition coefficient (Wildman–Crippen LogP) is 2.25. The van der Waals surface area contributed by atoms with E-state index in [1.165, 1.54) is 12.4 Å². The van der Waals surface area contributed by atoms with Crippen molar-refractivity contribution in [2.45, 2.75) is 6.92 Å². The maximum absolute atomic E-state index is 8.95. The van der Waals surface area contributed by atoms with Crippen LogP contribution in [-0.2, 0) is 7.05 Å². The Hall–Kier alpha value is -3.93. The van der Waals surface area contributed by atoms with E-state index in [2.05, 4.69) is 25.3 Å². The number of fused-ring (bicyclic) bond motifs is 1. The van der Waals surface area contributed by atoms with Crippen molar-refractivity contribution in [3.63, 3.8) is 0 Å². The van der Waals surface area contributed by atoms with Crippen LogP contribution in [0.25, 0.3) is 11.2 Å². The van der Waals surface area contributed by atoms with Gasteiger partial charge in [0.25, 0.3) is 0 Å². The summed E-state index contributed by atoms with van der Waals surface area (Å²) in [6, 6.07) is 5.38. The summed E-state index contributed by atoms with van der Waals surface area (Å²) < 4.78 is 7.70. The summed E-state index contributed by atoms with van der Waals surface area (Å²) in [5, 5.41) is 12.1. The lowest BCUT2D eigenvalue weighted by atomic mass is 10.2. The molecule has 0 saturated carbocycles. The zero-order chi connectivity index (χ0) is 19.4. The van der Waals surface area contributed by atoms with Crippen LogP contribution < -0.4 is 15.8 Å². The number of aromatic nitrogens is 4. The van der Waals surface area contributed by atoms with Crippen molar-refractivity contribution < 1.29 is 4.74 Å². The van der Waals surface area contributed by atoms with Crippen LogP contribution in [0.1, 0.15) is 11.3 Å². The van der Waals surface area contributed by atoms with E-state index in [0.717, 1.165) is 5.56 Å². The summed E-state index contributed by atoms with van der Waals surface area (Å²) in [4.78, 5) is 16.9. The van der Waals surface area contributed by atoms with Gasteiger partial charge in [0.15, 0.2) is 11.4 Å². The minimum Gasteiger partial charge on any atom is -0.437 e. The molecule has 0 unspecified atom stereocenters. The van der Waals surface area contributed by atoms with Crippen LogP contribution in [0.15, 0.2) is 41.5 Å². The van der Waals surface area contributed by atoms with Crippen LogP contribution in [0, 0.1) is 18.3 Å². The zero-order valence-electron chi connectivity index (χ0n) is 15.1. The van der Waals surface area contributed by atoms with Gasteiger partial charge in [0.2, 0.25) is 5.88 Å². The Kier molecular flexibility index (Phi) is 4.99. The molecule has 9 nitrogen and oxygen atoms in total. The van der Waals surface area contributed by atoms with Gasteiger partial charge in [-0.2, -0.15) is 10.2 Å². The minimum absolute atomic E-state index is 0.328. The molecule has 0 amide bonds. The van der Waals surface area contributed by atoms with E-state index in [0.29, 0.717) is 39.9 Å². The van der Waals surface area contributed by atoms with Gasteiger partial charge in [-0.15, -0.1) is 0 Å². The van der Waals surface area contributed by atoms with Gasteiger partial charge in [0, 0.05) is 32.6 Å². The third kappa shape index (κ3) is 3.69. The van der Waals surface area contributed by atoms with Crippen molar-refractivity contribution in [3.8, 4) is 17.7 Å². The number of anilines is 1. The Balaban J connectivity index is 2.04. The molecule has 9 heteroatoms. The van der Waals surface area contributed by atoms with E-state index < -0.39 is 0 Å². The number of nitrogens with one attached hydrogen (secondary N) is 1. The normalized spacial score (nSPS) is 11.7. The molecule has 0 saturated heterocycles. The summed E-state index contributed by atoms with van der Waals surface area (Å²) >= 11 is 0. The molecule has 0 spiro atoms. The molecule has 136 valence electrons. The number of imidazole rings is 1. The maximum Gasteiger partial charge on any atom is 0.223 e. The van der Waals surface area contributed by atoms with E-state index in [1.54, 1.807) is 36.3 Å². The van der Waals surface area contributed by atoms with Crippen LogP contribution in [0.3, 0.4) is 0 Å². The molecule has 0 fully saturated rings.